The number of nitrogens with one attached hydrogen (secondary N) is 1. The van der Waals surface area contributed by atoms with Crippen LogP contribution in [0.15, 0.2) is 41.3 Å². The number of hydrogen-bond acceptors (Lipinski definition) is 3. The summed E-state index contributed by atoms with van der Waals surface area (Å²) >= 11 is 0. The van der Waals surface area contributed by atoms with Crippen LogP contribution in [0.25, 0.3) is 0 Å². The highest BCUT2D eigenvalue weighted by Crippen LogP contribution is 2.23. The summed E-state index contributed by atoms with van der Waals surface area (Å²) in [5.41, 5.74) is 0.110. The summed E-state index contributed by atoms with van der Waals surface area (Å²) in [4.78, 5) is -0.254. The van der Waals surface area contributed by atoms with Crippen molar-refractivity contribution in [3.8, 4) is 0 Å². The fourth-order valence-corrected chi connectivity index (χ4v) is 2.98. The molecule has 0 radical (unpaired) electrons. The van der Waals surface area contributed by atoms with Gasteiger partial charge in [-0.15, -0.1) is 0 Å². The number of para-hydroxylation sites is 1. The molecule has 0 saturated carbocycles. The summed E-state index contributed by atoms with van der Waals surface area (Å²) in [5, 5.41) is 8.97. The molecule has 7 heteroatoms. The van der Waals surface area contributed by atoms with Gasteiger partial charge >= 0.3 is 0 Å². The Balaban J connectivity index is 2.44. The molecule has 2 rings (SSSR count). The number of halogens is 2. The van der Waals surface area contributed by atoms with E-state index in [9.17, 15) is 17.2 Å². The third-order valence-electron chi connectivity index (χ3n) is 2.96. The molecule has 112 valence electrons. The Labute approximate surface area is 121 Å². The fourth-order valence-electron chi connectivity index (χ4n) is 1.79. The van der Waals surface area contributed by atoms with Crippen molar-refractivity contribution >= 4 is 15.7 Å². The first-order valence-electron chi connectivity index (χ1n) is 6.02. The average Bonchev–Trinajstić information content (AvgIpc) is 2.43. The van der Waals surface area contributed by atoms with Crippen molar-refractivity contribution in [2.75, 3.05) is 4.72 Å². The van der Waals surface area contributed by atoms with E-state index in [0.717, 1.165) is 24.3 Å². The second-order valence-electron chi connectivity index (χ2n) is 4.45. The van der Waals surface area contributed by atoms with Gasteiger partial charge in [0.25, 0.3) is 10.0 Å². The Morgan fingerprint density at radius 1 is 1.14 bits per heavy atom. The zero-order valence-corrected chi connectivity index (χ0v) is 11.9. The summed E-state index contributed by atoms with van der Waals surface area (Å²) in [6.45, 7) is 0.929. The van der Waals surface area contributed by atoms with E-state index < -0.39 is 28.3 Å². The molecule has 0 bridgehead atoms. The highest BCUT2D eigenvalue weighted by molar-refractivity contribution is 7.92. The van der Waals surface area contributed by atoms with Crippen molar-refractivity contribution in [3.63, 3.8) is 0 Å². The Morgan fingerprint density at radius 2 is 1.86 bits per heavy atom. The number of rotatable bonds is 4. The third-order valence-corrected chi connectivity index (χ3v) is 4.30. The highest BCUT2D eigenvalue weighted by Gasteiger charge is 2.19. The molecule has 0 aliphatic rings. The van der Waals surface area contributed by atoms with E-state index in [4.69, 9.17) is 5.11 Å². The van der Waals surface area contributed by atoms with Crippen LogP contribution in [0.3, 0.4) is 0 Å². The molecule has 0 fully saturated rings. The third kappa shape index (κ3) is 3.20. The van der Waals surface area contributed by atoms with Gasteiger partial charge in [0.05, 0.1) is 17.2 Å². The lowest BCUT2D eigenvalue weighted by Gasteiger charge is -2.12. The molecule has 2 N–H and O–H groups in total. The lowest BCUT2D eigenvalue weighted by Crippen LogP contribution is -2.15. The maximum absolute atomic E-state index is 13.7. The molecule has 21 heavy (non-hydrogen) atoms. The van der Waals surface area contributed by atoms with E-state index in [0.29, 0.717) is 5.56 Å². The van der Waals surface area contributed by atoms with Gasteiger partial charge in [-0.05, 0) is 36.8 Å². The molecular weight excluding hydrogens is 300 g/mol. The monoisotopic (exact) mass is 313 g/mol. The number of hydrogen-bond donors (Lipinski definition) is 2. The number of aliphatic hydroxyl groups excluding tert-OH is 1. The van der Waals surface area contributed by atoms with Gasteiger partial charge in [0, 0.05) is 5.56 Å². The predicted octanol–water partition coefficient (Wildman–Crippen LogP) is 2.57. The standard InChI is InChI=1S/C14H13F2NO3S/c1-9-3-2-4-13(16)14(9)17-21(19,20)11-5-6-12(15)10(7-11)8-18/h2-7,17-18H,8H2,1H3. The van der Waals surface area contributed by atoms with E-state index in [1.807, 2.05) is 0 Å². The van der Waals surface area contributed by atoms with Gasteiger partial charge in [0.2, 0.25) is 0 Å². The molecule has 2 aromatic rings. The molecule has 4 nitrogen and oxygen atoms in total. The van der Waals surface area contributed by atoms with Crippen LogP contribution in [-0.4, -0.2) is 13.5 Å². The lowest BCUT2D eigenvalue weighted by molar-refractivity contribution is 0.275. The number of anilines is 1. The summed E-state index contributed by atoms with van der Waals surface area (Å²) in [6.07, 6.45) is 0. The van der Waals surface area contributed by atoms with E-state index in [-0.39, 0.29) is 16.1 Å². The second-order valence-corrected chi connectivity index (χ2v) is 6.13. The maximum atomic E-state index is 13.7. The van der Waals surface area contributed by atoms with Gasteiger partial charge < -0.3 is 5.11 Å². The Hall–Kier alpha value is -1.99. The van der Waals surface area contributed by atoms with Gasteiger partial charge in [-0.3, -0.25) is 4.72 Å². The van der Waals surface area contributed by atoms with Crippen LogP contribution in [0.2, 0.25) is 0 Å². The molecule has 0 aromatic heterocycles. The number of sulfonamides is 1. The van der Waals surface area contributed by atoms with E-state index in [2.05, 4.69) is 4.72 Å². The summed E-state index contributed by atoms with van der Waals surface area (Å²) < 4.78 is 53.5. The first-order valence-corrected chi connectivity index (χ1v) is 7.50. The minimum atomic E-state index is -4.08. The molecular formula is C14H13F2NO3S. The minimum Gasteiger partial charge on any atom is -0.392 e. The highest BCUT2D eigenvalue weighted by atomic mass is 32.2. The minimum absolute atomic E-state index is 0.150. The first kappa shape index (κ1) is 15.4. The second kappa shape index (κ2) is 5.79. The normalized spacial score (nSPS) is 11.4. The van der Waals surface area contributed by atoms with Crippen molar-refractivity contribution in [3.05, 3.63) is 59.2 Å². The molecule has 2 aromatic carbocycles. The topological polar surface area (TPSA) is 66.4 Å². The van der Waals surface area contributed by atoms with Crippen LogP contribution in [0, 0.1) is 18.6 Å². The van der Waals surface area contributed by atoms with Crippen molar-refractivity contribution in [1.82, 2.24) is 0 Å². The van der Waals surface area contributed by atoms with E-state index in [1.165, 1.54) is 6.07 Å². The van der Waals surface area contributed by atoms with Gasteiger partial charge in [-0.25, -0.2) is 17.2 Å². The van der Waals surface area contributed by atoms with Crippen molar-refractivity contribution in [1.29, 1.82) is 0 Å². The Kier molecular flexibility index (Phi) is 4.24. The summed E-state index contributed by atoms with van der Waals surface area (Å²) in [6, 6.07) is 7.15. The Morgan fingerprint density at radius 3 is 2.48 bits per heavy atom. The largest absolute Gasteiger partial charge is 0.392 e. The maximum Gasteiger partial charge on any atom is 0.262 e. The Bertz CT molecular complexity index is 756. The van der Waals surface area contributed by atoms with Crippen LogP contribution in [0.4, 0.5) is 14.5 Å². The van der Waals surface area contributed by atoms with Crippen molar-refractivity contribution < 1.29 is 22.3 Å². The fraction of sp³-hybridized carbons (Fsp3) is 0.143. The number of aliphatic hydroxyl groups is 1. The zero-order chi connectivity index (χ0) is 15.6. The molecule has 0 saturated heterocycles. The molecule has 0 unspecified atom stereocenters. The van der Waals surface area contributed by atoms with E-state index >= 15 is 0 Å². The molecule has 0 amide bonds. The number of benzene rings is 2. The average molecular weight is 313 g/mol. The van der Waals surface area contributed by atoms with Gasteiger partial charge in [0.15, 0.2) is 0 Å². The SMILES string of the molecule is Cc1cccc(F)c1NS(=O)(=O)c1ccc(F)c(CO)c1. The predicted molar refractivity (Wildman–Crippen MR) is 74.3 cm³/mol. The van der Waals surface area contributed by atoms with Crippen molar-refractivity contribution in [2.24, 2.45) is 0 Å². The van der Waals surface area contributed by atoms with Crippen LogP contribution in [0.1, 0.15) is 11.1 Å². The lowest BCUT2D eigenvalue weighted by atomic mass is 10.2. The van der Waals surface area contributed by atoms with Crippen LogP contribution in [0.5, 0.6) is 0 Å². The molecule has 0 heterocycles. The zero-order valence-electron chi connectivity index (χ0n) is 11.1. The summed E-state index contributed by atoms with van der Waals surface area (Å²) in [5.74, 6) is -1.42. The summed E-state index contributed by atoms with van der Waals surface area (Å²) in [7, 11) is -4.08. The van der Waals surface area contributed by atoms with Gasteiger partial charge in [0.1, 0.15) is 11.6 Å². The number of aryl methyl sites for hydroxylation is 1. The van der Waals surface area contributed by atoms with Gasteiger partial charge in [-0.2, -0.15) is 0 Å². The van der Waals surface area contributed by atoms with Crippen molar-refractivity contribution in [2.45, 2.75) is 18.4 Å². The smallest absolute Gasteiger partial charge is 0.262 e. The molecule has 0 aliphatic heterocycles. The quantitative estimate of drug-likeness (QED) is 0.911. The first-order chi connectivity index (χ1) is 9.85. The van der Waals surface area contributed by atoms with Crippen LogP contribution in [-0.2, 0) is 16.6 Å². The van der Waals surface area contributed by atoms with Crippen LogP contribution >= 0.6 is 0 Å². The molecule has 0 atom stereocenters. The molecule has 0 spiro atoms. The van der Waals surface area contributed by atoms with Crippen LogP contribution < -0.4 is 4.72 Å². The molecule has 0 aliphatic carbocycles. The van der Waals surface area contributed by atoms with Gasteiger partial charge in [-0.1, -0.05) is 12.1 Å². The van der Waals surface area contributed by atoms with E-state index in [1.54, 1.807) is 13.0 Å².